The molecular weight excluding hydrogens is 412 g/mol. The number of allylic oxidation sites excluding steroid dienone is 4. The highest BCUT2D eigenvalue weighted by Crippen LogP contribution is 2.50. The van der Waals surface area contributed by atoms with E-state index in [4.69, 9.17) is 16.3 Å². The van der Waals surface area contributed by atoms with Crippen molar-refractivity contribution in [1.29, 1.82) is 0 Å². The molecule has 0 saturated heterocycles. The number of alkyl halides is 1. The maximum Gasteiger partial charge on any atom is 0.138 e. The minimum atomic E-state index is -0.0762. The Balaban J connectivity index is 1.30. The first-order chi connectivity index (χ1) is 15.8. The summed E-state index contributed by atoms with van der Waals surface area (Å²) >= 11 is 6.57. The quantitative estimate of drug-likeness (QED) is 0.296. The van der Waals surface area contributed by atoms with Crippen molar-refractivity contribution in [2.75, 3.05) is 0 Å². The van der Waals surface area contributed by atoms with Crippen molar-refractivity contribution in [2.45, 2.75) is 11.3 Å². The number of hydrogen-bond donors (Lipinski definition) is 0. The van der Waals surface area contributed by atoms with Gasteiger partial charge in [0.25, 0.3) is 0 Å². The second kappa shape index (κ2) is 7.85. The third-order valence-electron chi connectivity index (χ3n) is 6.30. The molecule has 1 nitrogen and oxygen atoms in total. The van der Waals surface area contributed by atoms with E-state index in [9.17, 15) is 0 Å². The van der Waals surface area contributed by atoms with E-state index >= 15 is 0 Å². The largest absolute Gasteiger partial charge is 0.460 e. The lowest BCUT2D eigenvalue weighted by molar-refractivity contribution is 0.427. The number of ether oxygens (including phenoxy) is 1. The predicted molar refractivity (Wildman–Crippen MR) is 133 cm³/mol. The van der Waals surface area contributed by atoms with Crippen LogP contribution in [0.15, 0.2) is 121 Å². The van der Waals surface area contributed by atoms with Crippen molar-refractivity contribution in [3.05, 3.63) is 127 Å². The van der Waals surface area contributed by atoms with Crippen LogP contribution >= 0.6 is 11.6 Å². The van der Waals surface area contributed by atoms with Gasteiger partial charge in [0.15, 0.2) is 0 Å². The lowest BCUT2D eigenvalue weighted by Crippen LogP contribution is -2.12. The number of halogens is 1. The molecule has 1 aliphatic heterocycles. The molecule has 2 unspecified atom stereocenters. The molecule has 1 heterocycles. The molecule has 2 heteroatoms. The van der Waals surface area contributed by atoms with Gasteiger partial charge in [-0.3, -0.25) is 0 Å². The van der Waals surface area contributed by atoms with Gasteiger partial charge in [-0.05, 0) is 33.9 Å². The van der Waals surface area contributed by atoms with Crippen LogP contribution in [-0.2, 0) is 0 Å². The fourth-order valence-electron chi connectivity index (χ4n) is 4.64. The van der Waals surface area contributed by atoms with Gasteiger partial charge in [-0.1, -0.05) is 109 Å². The first kappa shape index (κ1) is 19.2. The molecule has 0 aromatic heterocycles. The van der Waals surface area contributed by atoms with Crippen molar-refractivity contribution >= 4 is 11.6 Å². The molecule has 4 aromatic rings. The minimum Gasteiger partial charge on any atom is -0.460 e. The Morgan fingerprint density at radius 1 is 0.594 bits per heavy atom. The Bertz CT molecular complexity index is 1330. The molecule has 4 aromatic carbocycles. The zero-order chi connectivity index (χ0) is 21.5. The zero-order valence-corrected chi connectivity index (χ0v) is 18.2. The zero-order valence-electron chi connectivity index (χ0n) is 17.4. The summed E-state index contributed by atoms with van der Waals surface area (Å²) in [5.41, 5.74) is 8.28. The molecule has 32 heavy (non-hydrogen) atoms. The van der Waals surface area contributed by atoms with Gasteiger partial charge in [0.2, 0.25) is 0 Å². The normalized spacial score (nSPS) is 18.5. The lowest BCUT2D eigenvalue weighted by Gasteiger charge is -2.16. The van der Waals surface area contributed by atoms with E-state index in [2.05, 4.69) is 91.0 Å². The molecule has 0 N–H and O–H groups in total. The van der Waals surface area contributed by atoms with Crippen LogP contribution in [0.3, 0.4) is 0 Å². The summed E-state index contributed by atoms with van der Waals surface area (Å²) in [5, 5.41) is -0.0762. The molecule has 0 fully saturated rings. The molecule has 6 rings (SSSR count). The van der Waals surface area contributed by atoms with Crippen LogP contribution in [0.4, 0.5) is 0 Å². The number of fused-ring (bicyclic) bond motifs is 3. The molecule has 0 amide bonds. The van der Waals surface area contributed by atoms with Crippen molar-refractivity contribution in [3.63, 3.8) is 0 Å². The van der Waals surface area contributed by atoms with E-state index in [1.54, 1.807) is 0 Å². The second-order valence-electron chi connectivity index (χ2n) is 8.22. The lowest BCUT2D eigenvalue weighted by atomic mass is 9.90. The van der Waals surface area contributed by atoms with Gasteiger partial charge in [-0.2, -0.15) is 0 Å². The highest BCUT2D eigenvalue weighted by molar-refractivity contribution is 6.22. The SMILES string of the molecule is ClC1C=CC=C2Oc3c(-c4ccc(-c5ccc(-c6ccccc6)cc5)cc4)cccc3C21. The second-order valence-corrected chi connectivity index (χ2v) is 8.73. The van der Waals surface area contributed by atoms with E-state index in [1.165, 1.54) is 27.8 Å². The van der Waals surface area contributed by atoms with Crippen LogP contribution in [0, 0.1) is 0 Å². The standard InChI is InChI=1S/C30H21ClO/c31-27-10-5-11-28-29(27)26-9-4-8-25(30(26)32-28)24-18-16-23(17-19-24)22-14-12-21(13-15-22)20-6-2-1-3-7-20/h1-19,27,29H. The van der Waals surface area contributed by atoms with Crippen LogP contribution in [0.25, 0.3) is 33.4 Å². The molecule has 2 aliphatic rings. The summed E-state index contributed by atoms with van der Waals surface area (Å²) in [4.78, 5) is 0. The number of rotatable bonds is 3. The monoisotopic (exact) mass is 432 g/mol. The molecule has 0 saturated carbocycles. The van der Waals surface area contributed by atoms with Crippen LogP contribution in [0.1, 0.15) is 11.5 Å². The molecule has 0 radical (unpaired) electrons. The Morgan fingerprint density at radius 3 is 1.84 bits per heavy atom. The van der Waals surface area contributed by atoms with Crippen molar-refractivity contribution < 1.29 is 4.74 Å². The predicted octanol–water partition coefficient (Wildman–Crippen LogP) is 8.22. The van der Waals surface area contributed by atoms with Crippen LogP contribution in [0.2, 0.25) is 0 Å². The smallest absolute Gasteiger partial charge is 0.138 e. The van der Waals surface area contributed by atoms with Crippen molar-refractivity contribution in [2.24, 2.45) is 0 Å². The van der Waals surface area contributed by atoms with Gasteiger partial charge >= 0.3 is 0 Å². The van der Waals surface area contributed by atoms with E-state index < -0.39 is 0 Å². The van der Waals surface area contributed by atoms with Crippen LogP contribution in [0.5, 0.6) is 5.75 Å². The minimum absolute atomic E-state index is 0.0762. The summed E-state index contributed by atoms with van der Waals surface area (Å²) in [5.74, 6) is 1.96. The van der Waals surface area contributed by atoms with Gasteiger partial charge in [0.05, 0.1) is 11.3 Å². The summed E-state index contributed by atoms with van der Waals surface area (Å²) in [6, 6.07) is 34.2. The van der Waals surface area contributed by atoms with E-state index in [0.717, 1.165) is 22.6 Å². The fourth-order valence-corrected chi connectivity index (χ4v) is 4.98. The Morgan fingerprint density at radius 2 is 1.19 bits per heavy atom. The first-order valence-electron chi connectivity index (χ1n) is 10.9. The number of benzene rings is 4. The molecule has 154 valence electrons. The van der Waals surface area contributed by atoms with Crippen LogP contribution < -0.4 is 4.74 Å². The van der Waals surface area contributed by atoms with E-state index in [0.29, 0.717) is 0 Å². The average molecular weight is 433 g/mol. The maximum atomic E-state index is 6.57. The average Bonchev–Trinajstić information content (AvgIpc) is 3.25. The Hall–Kier alpha value is -3.55. The van der Waals surface area contributed by atoms with Crippen molar-refractivity contribution in [1.82, 2.24) is 0 Å². The third kappa shape index (κ3) is 3.26. The van der Waals surface area contributed by atoms with Crippen molar-refractivity contribution in [3.8, 4) is 39.1 Å². The highest BCUT2D eigenvalue weighted by atomic mass is 35.5. The van der Waals surface area contributed by atoms with Gasteiger partial charge in [0, 0.05) is 11.1 Å². The molecule has 0 spiro atoms. The Labute approximate surface area is 193 Å². The third-order valence-corrected chi connectivity index (χ3v) is 6.70. The first-order valence-corrected chi connectivity index (χ1v) is 11.3. The van der Waals surface area contributed by atoms with E-state index in [1.807, 2.05) is 24.3 Å². The molecular formula is C30H21ClO. The van der Waals surface area contributed by atoms with Gasteiger partial charge in [-0.15, -0.1) is 11.6 Å². The number of hydrogen-bond acceptors (Lipinski definition) is 1. The Kier molecular flexibility index (Phi) is 4.70. The summed E-state index contributed by atoms with van der Waals surface area (Å²) in [6.45, 7) is 0. The summed E-state index contributed by atoms with van der Waals surface area (Å²) in [6.07, 6.45) is 6.03. The fraction of sp³-hybridized carbons (Fsp3) is 0.0667. The number of para-hydroxylation sites is 1. The van der Waals surface area contributed by atoms with Gasteiger partial charge < -0.3 is 4.74 Å². The topological polar surface area (TPSA) is 9.23 Å². The summed E-state index contributed by atoms with van der Waals surface area (Å²) in [7, 11) is 0. The molecule has 2 atom stereocenters. The maximum absolute atomic E-state index is 6.57. The van der Waals surface area contributed by atoms with Gasteiger partial charge in [0.1, 0.15) is 11.5 Å². The summed E-state index contributed by atoms with van der Waals surface area (Å²) < 4.78 is 6.26. The van der Waals surface area contributed by atoms with E-state index in [-0.39, 0.29) is 11.3 Å². The van der Waals surface area contributed by atoms with Gasteiger partial charge in [-0.25, -0.2) is 0 Å². The molecule has 0 bridgehead atoms. The highest BCUT2D eigenvalue weighted by Gasteiger charge is 2.36. The van der Waals surface area contributed by atoms with Crippen LogP contribution in [-0.4, -0.2) is 5.38 Å². The molecule has 1 aliphatic carbocycles.